The molecule has 192 valence electrons. The van der Waals surface area contributed by atoms with Crippen molar-refractivity contribution in [2.45, 2.75) is 64.6 Å². The van der Waals surface area contributed by atoms with Gasteiger partial charge in [-0.1, -0.05) is 55.7 Å². The molecule has 2 amide bonds. The summed E-state index contributed by atoms with van der Waals surface area (Å²) in [7, 11) is 1.81. The summed E-state index contributed by atoms with van der Waals surface area (Å²) in [5.41, 5.74) is 3.46. The van der Waals surface area contributed by atoms with Crippen molar-refractivity contribution in [1.82, 2.24) is 24.6 Å². The van der Waals surface area contributed by atoms with E-state index in [1.54, 1.807) is 21.8 Å². The predicted octanol–water partition coefficient (Wildman–Crippen LogP) is 4.61. The lowest BCUT2D eigenvalue weighted by atomic mass is 9.94. The van der Waals surface area contributed by atoms with E-state index in [0.29, 0.717) is 5.82 Å². The van der Waals surface area contributed by atoms with Crippen LogP contribution in [0.4, 0.5) is 5.82 Å². The molecule has 2 heterocycles. The van der Waals surface area contributed by atoms with Crippen LogP contribution in [0.15, 0.2) is 60.8 Å². The molecule has 37 heavy (non-hydrogen) atoms. The van der Waals surface area contributed by atoms with Crippen molar-refractivity contribution in [3.05, 3.63) is 77.7 Å². The summed E-state index contributed by atoms with van der Waals surface area (Å²) in [6.45, 7) is 3.92. The number of hydrogen-bond donors (Lipinski definition) is 1. The fraction of sp³-hybridized carbons (Fsp3) is 0.379. The summed E-state index contributed by atoms with van der Waals surface area (Å²) in [6.07, 6.45) is 7.13. The van der Waals surface area contributed by atoms with E-state index in [1.807, 2.05) is 74.0 Å². The topological polar surface area (TPSA) is 85.0 Å². The maximum Gasteiger partial charge on any atom is 0.249 e. The van der Waals surface area contributed by atoms with Gasteiger partial charge in [0, 0.05) is 25.4 Å². The first kappa shape index (κ1) is 24.7. The summed E-state index contributed by atoms with van der Waals surface area (Å²) < 4.78 is 3.56. The van der Waals surface area contributed by atoms with Crippen molar-refractivity contribution in [2.24, 2.45) is 7.05 Å². The number of nitrogens with one attached hydrogen (secondary N) is 1. The minimum Gasteiger partial charge on any atom is -0.351 e. The second-order valence-corrected chi connectivity index (χ2v) is 9.95. The van der Waals surface area contributed by atoms with E-state index in [0.717, 1.165) is 53.7 Å². The smallest absolute Gasteiger partial charge is 0.249 e. The van der Waals surface area contributed by atoms with Crippen molar-refractivity contribution in [3.63, 3.8) is 0 Å². The number of imidazole rings is 1. The second kappa shape index (κ2) is 10.6. The fourth-order valence-electron chi connectivity index (χ4n) is 5.36. The van der Waals surface area contributed by atoms with E-state index >= 15 is 0 Å². The Kier molecular flexibility index (Phi) is 7.08. The molecule has 0 saturated heterocycles. The molecule has 2 aromatic heterocycles. The number of hydrogen-bond acceptors (Lipinski definition) is 4. The third kappa shape index (κ3) is 5.14. The van der Waals surface area contributed by atoms with Gasteiger partial charge in [-0.15, -0.1) is 0 Å². The molecular formula is C29H34N6O2. The molecule has 8 heteroatoms. The largest absolute Gasteiger partial charge is 0.351 e. The van der Waals surface area contributed by atoms with Crippen LogP contribution in [-0.4, -0.2) is 37.2 Å². The number of amides is 2. The molecule has 1 unspecified atom stereocenters. The molecule has 1 N–H and O–H groups in total. The van der Waals surface area contributed by atoms with Gasteiger partial charge in [-0.05, 0) is 49.9 Å². The van der Waals surface area contributed by atoms with Crippen LogP contribution in [0.5, 0.6) is 0 Å². The van der Waals surface area contributed by atoms with Crippen LogP contribution in [0.2, 0.25) is 0 Å². The van der Waals surface area contributed by atoms with E-state index in [1.165, 1.54) is 6.42 Å². The lowest BCUT2D eigenvalue weighted by Crippen LogP contribution is -2.48. The highest BCUT2D eigenvalue weighted by Crippen LogP contribution is 2.30. The van der Waals surface area contributed by atoms with Crippen LogP contribution >= 0.6 is 0 Å². The van der Waals surface area contributed by atoms with Gasteiger partial charge >= 0.3 is 0 Å². The molecule has 1 atom stereocenters. The standard InChI is InChI=1S/C29H34N6O2/c1-20-11-7-8-14-23(20)28(29(37)31-22-12-5-4-6-13-22)35(26-17-18-33(3)32-26)27(36)19-34-21(2)30-24-15-9-10-16-25(24)34/h7-11,14-18,22,28H,4-6,12-13,19H2,1-3H3,(H,31,37). The Hall–Kier alpha value is -3.94. The first-order valence-corrected chi connectivity index (χ1v) is 13.0. The van der Waals surface area contributed by atoms with Crippen molar-refractivity contribution in [1.29, 1.82) is 0 Å². The third-order valence-corrected chi connectivity index (χ3v) is 7.29. The van der Waals surface area contributed by atoms with E-state index in [2.05, 4.69) is 15.4 Å². The Balaban J connectivity index is 1.57. The van der Waals surface area contributed by atoms with Crippen LogP contribution in [0.25, 0.3) is 11.0 Å². The summed E-state index contributed by atoms with van der Waals surface area (Å²) in [5.74, 6) is 0.792. The molecule has 1 aliphatic carbocycles. The average molecular weight is 499 g/mol. The molecule has 1 saturated carbocycles. The van der Waals surface area contributed by atoms with Crippen LogP contribution in [0.3, 0.4) is 0 Å². The van der Waals surface area contributed by atoms with Gasteiger partial charge in [0.25, 0.3) is 0 Å². The minimum absolute atomic E-state index is 0.0437. The normalized spacial score (nSPS) is 15.0. The average Bonchev–Trinajstić information content (AvgIpc) is 3.46. The summed E-state index contributed by atoms with van der Waals surface area (Å²) in [6, 6.07) is 16.6. The SMILES string of the molecule is Cc1ccccc1C(C(=O)NC1CCCCC1)N(C(=O)Cn1c(C)nc2ccccc21)c1ccn(C)n1. The molecule has 1 fully saturated rings. The summed E-state index contributed by atoms with van der Waals surface area (Å²) in [5, 5.41) is 7.84. The highest BCUT2D eigenvalue weighted by atomic mass is 16.2. The maximum absolute atomic E-state index is 14.2. The van der Waals surface area contributed by atoms with Gasteiger partial charge in [-0.3, -0.25) is 19.2 Å². The molecular weight excluding hydrogens is 464 g/mol. The zero-order valence-electron chi connectivity index (χ0n) is 21.7. The van der Waals surface area contributed by atoms with E-state index in [9.17, 15) is 9.59 Å². The Morgan fingerprint density at radius 3 is 2.49 bits per heavy atom. The maximum atomic E-state index is 14.2. The summed E-state index contributed by atoms with van der Waals surface area (Å²) in [4.78, 5) is 34.4. The predicted molar refractivity (Wildman–Crippen MR) is 144 cm³/mol. The van der Waals surface area contributed by atoms with Crippen molar-refractivity contribution >= 4 is 28.7 Å². The van der Waals surface area contributed by atoms with Crippen LogP contribution in [0.1, 0.15) is 55.1 Å². The third-order valence-electron chi connectivity index (χ3n) is 7.29. The van der Waals surface area contributed by atoms with Crippen molar-refractivity contribution in [2.75, 3.05) is 4.90 Å². The molecule has 0 aliphatic heterocycles. The van der Waals surface area contributed by atoms with Gasteiger partial charge < -0.3 is 9.88 Å². The van der Waals surface area contributed by atoms with Gasteiger partial charge in [-0.25, -0.2) is 4.98 Å². The number of rotatable bonds is 7. The molecule has 2 aromatic carbocycles. The first-order chi connectivity index (χ1) is 17.9. The van der Waals surface area contributed by atoms with Crippen LogP contribution in [0, 0.1) is 13.8 Å². The van der Waals surface area contributed by atoms with Gasteiger partial charge in [-0.2, -0.15) is 5.10 Å². The molecule has 0 radical (unpaired) electrons. The number of fused-ring (bicyclic) bond motifs is 1. The van der Waals surface area contributed by atoms with E-state index in [4.69, 9.17) is 0 Å². The van der Waals surface area contributed by atoms with Gasteiger partial charge in [0.2, 0.25) is 11.8 Å². The molecule has 0 bridgehead atoms. The number of carbonyl (C=O) groups excluding carboxylic acids is 2. The lowest BCUT2D eigenvalue weighted by Gasteiger charge is -2.33. The highest BCUT2D eigenvalue weighted by molar-refractivity contribution is 6.01. The van der Waals surface area contributed by atoms with Gasteiger partial charge in [0.1, 0.15) is 18.4 Å². The minimum atomic E-state index is -0.847. The zero-order chi connectivity index (χ0) is 25.9. The lowest BCUT2D eigenvalue weighted by molar-refractivity contribution is -0.127. The Morgan fingerprint density at radius 2 is 1.76 bits per heavy atom. The first-order valence-electron chi connectivity index (χ1n) is 13.0. The van der Waals surface area contributed by atoms with Gasteiger partial charge in [0.05, 0.1) is 11.0 Å². The second-order valence-electron chi connectivity index (χ2n) is 9.95. The molecule has 0 spiro atoms. The number of anilines is 1. The zero-order valence-corrected chi connectivity index (χ0v) is 21.7. The monoisotopic (exact) mass is 498 g/mol. The van der Waals surface area contributed by atoms with Crippen LogP contribution < -0.4 is 10.2 Å². The summed E-state index contributed by atoms with van der Waals surface area (Å²) >= 11 is 0. The van der Waals surface area contributed by atoms with Crippen molar-refractivity contribution < 1.29 is 9.59 Å². The quantitative estimate of drug-likeness (QED) is 0.403. The number of aryl methyl sites for hydroxylation is 3. The number of carbonyl (C=O) groups is 2. The fourth-order valence-corrected chi connectivity index (χ4v) is 5.36. The van der Waals surface area contributed by atoms with Crippen molar-refractivity contribution in [3.8, 4) is 0 Å². The van der Waals surface area contributed by atoms with Gasteiger partial charge in [0.15, 0.2) is 5.82 Å². The Bertz CT molecular complexity index is 1410. The highest BCUT2D eigenvalue weighted by Gasteiger charge is 2.36. The molecule has 8 nitrogen and oxygen atoms in total. The van der Waals surface area contributed by atoms with Crippen LogP contribution in [-0.2, 0) is 23.2 Å². The van der Waals surface area contributed by atoms with E-state index < -0.39 is 6.04 Å². The number of para-hydroxylation sites is 2. The number of nitrogens with zero attached hydrogens (tertiary/aromatic N) is 5. The Labute approximate surface area is 217 Å². The molecule has 1 aliphatic rings. The number of aromatic nitrogens is 4. The Morgan fingerprint density at radius 1 is 1.03 bits per heavy atom. The number of benzene rings is 2. The molecule has 5 rings (SSSR count). The van der Waals surface area contributed by atoms with E-state index in [-0.39, 0.29) is 24.4 Å². The molecule has 4 aromatic rings.